The van der Waals surface area contributed by atoms with E-state index < -0.39 is 5.91 Å². The number of nitrogens with zero attached hydrogens (tertiary/aromatic N) is 2. The van der Waals surface area contributed by atoms with E-state index in [0.717, 1.165) is 10.0 Å². The number of amides is 1. The average Bonchev–Trinajstić information content (AvgIpc) is 2.99. The van der Waals surface area contributed by atoms with E-state index >= 15 is 0 Å². The van der Waals surface area contributed by atoms with Crippen molar-refractivity contribution >= 4 is 27.5 Å². The number of anilines is 1. The van der Waals surface area contributed by atoms with Crippen LogP contribution in [0.4, 0.5) is 5.69 Å². The number of hydrogen-bond acceptors (Lipinski definition) is 4. The fraction of sp³-hybridized carbons (Fsp3) is 0.0625. The Hall–Kier alpha value is -2.47. The molecule has 0 spiro atoms. The van der Waals surface area contributed by atoms with Crippen molar-refractivity contribution < 1.29 is 9.21 Å². The molecule has 3 aromatic rings. The van der Waals surface area contributed by atoms with Crippen molar-refractivity contribution in [2.24, 2.45) is 0 Å². The maximum Gasteiger partial charge on any atom is 0.313 e. The zero-order chi connectivity index (χ0) is 15.4. The van der Waals surface area contributed by atoms with Gasteiger partial charge in [0, 0.05) is 4.47 Å². The van der Waals surface area contributed by atoms with Crippen LogP contribution in [0.25, 0.3) is 0 Å². The predicted molar refractivity (Wildman–Crippen MR) is 85.6 cm³/mol. The van der Waals surface area contributed by atoms with Gasteiger partial charge in [0.25, 0.3) is 0 Å². The second-order valence-corrected chi connectivity index (χ2v) is 5.45. The molecule has 1 heterocycles. The SMILES string of the molecule is O=C(Nc1ccccc1Br)c1nnc(Cc2ccccc2)o1. The predicted octanol–water partition coefficient (Wildman–Crippen LogP) is 3.68. The van der Waals surface area contributed by atoms with Gasteiger partial charge < -0.3 is 9.73 Å². The molecular formula is C16H12BrN3O2. The summed E-state index contributed by atoms with van der Waals surface area (Å²) in [6.07, 6.45) is 0.496. The summed E-state index contributed by atoms with van der Waals surface area (Å²) in [5, 5.41) is 10.4. The third-order valence-corrected chi connectivity index (χ3v) is 3.67. The highest BCUT2D eigenvalue weighted by Crippen LogP contribution is 2.21. The fourth-order valence-corrected chi connectivity index (χ4v) is 2.31. The maximum absolute atomic E-state index is 12.1. The lowest BCUT2D eigenvalue weighted by molar-refractivity contribution is 0.0988. The highest BCUT2D eigenvalue weighted by molar-refractivity contribution is 9.10. The normalized spacial score (nSPS) is 10.4. The molecule has 0 unspecified atom stereocenters. The Morgan fingerprint density at radius 1 is 1.05 bits per heavy atom. The Balaban J connectivity index is 1.71. The molecule has 0 aliphatic carbocycles. The monoisotopic (exact) mass is 357 g/mol. The number of carbonyl (C=O) groups is 1. The molecule has 1 amide bonds. The highest BCUT2D eigenvalue weighted by Gasteiger charge is 2.16. The number of hydrogen-bond donors (Lipinski definition) is 1. The zero-order valence-electron chi connectivity index (χ0n) is 11.5. The Kier molecular flexibility index (Phi) is 4.29. The lowest BCUT2D eigenvalue weighted by Gasteiger charge is -2.03. The number of para-hydroxylation sites is 1. The van der Waals surface area contributed by atoms with Crippen LogP contribution >= 0.6 is 15.9 Å². The standard InChI is InChI=1S/C16H12BrN3O2/c17-12-8-4-5-9-13(12)18-15(21)16-20-19-14(22-16)10-11-6-2-1-3-7-11/h1-9H,10H2,(H,18,21). The van der Waals surface area contributed by atoms with Gasteiger partial charge in [-0.25, -0.2) is 0 Å². The molecule has 6 heteroatoms. The molecule has 0 saturated heterocycles. The molecule has 110 valence electrons. The van der Waals surface area contributed by atoms with E-state index in [9.17, 15) is 4.79 Å². The summed E-state index contributed by atoms with van der Waals surface area (Å²) in [5.74, 6) is -0.0797. The van der Waals surface area contributed by atoms with Crippen molar-refractivity contribution in [2.75, 3.05) is 5.32 Å². The molecule has 2 aromatic carbocycles. The molecule has 0 fully saturated rings. The van der Waals surface area contributed by atoms with Gasteiger partial charge in [0.05, 0.1) is 12.1 Å². The Labute approximate surface area is 135 Å². The van der Waals surface area contributed by atoms with Crippen LogP contribution in [0.5, 0.6) is 0 Å². The van der Waals surface area contributed by atoms with Crippen LogP contribution in [0.3, 0.4) is 0 Å². The van der Waals surface area contributed by atoms with Crippen LogP contribution in [-0.4, -0.2) is 16.1 Å². The fourth-order valence-electron chi connectivity index (χ4n) is 1.93. The van der Waals surface area contributed by atoms with Crippen molar-refractivity contribution in [2.45, 2.75) is 6.42 Å². The zero-order valence-corrected chi connectivity index (χ0v) is 13.1. The minimum atomic E-state index is -0.432. The molecule has 3 rings (SSSR count). The van der Waals surface area contributed by atoms with Gasteiger partial charge in [0.2, 0.25) is 5.89 Å². The molecule has 5 nitrogen and oxygen atoms in total. The van der Waals surface area contributed by atoms with Gasteiger partial charge in [-0.05, 0) is 33.6 Å². The maximum atomic E-state index is 12.1. The summed E-state index contributed by atoms with van der Waals surface area (Å²) in [4.78, 5) is 12.1. The van der Waals surface area contributed by atoms with E-state index in [-0.39, 0.29) is 5.89 Å². The smallest absolute Gasteiger partial charge is 0.313 e. The van der Waals surface area contributed by atoms with Crippen LogP contribution in [0.1, 0.15) is 22.1 Å². The van der Waals surface area contributed by atoms with E-state index in [1.54, 1.807) is 6.07 Å². The first-order chi connectivity index (χ1) is 10.7. The molecule has 0 bridgehead atoms. The minimum absolute atomic E-state index is 0.0540. The number of halogens is 1. The topological polar surface area (TPSA) is 68.0 Å². The van der Waals surface area contributed by atoms with Gasteiger partial charge in [0.1, 0.15) is 0 Å². The van der Waals surface area contributed by atoms with Crippen LogP contribution in [0.15, 0.2) is 63.5 Å². The molecule has 0 atom stereocenters. The van der Waals surface area contributed by atoms with Crippen molar-refractivity contribution in [3.05, 3.63) is 76.4 Å². The summed E-state index contributed by atoms with van der Waals surface area (Å²) in [6, 6.07) is 17.1. The van der Waals surface area contributed by atoms with Gasteiger partial charge in [-0.1, -0.05) is 42.5 Å². The van der Waals surface area contributed by atoms with Crippen LogP contribution in [-0.2, 0) is 6.42 Å². The summed E-state index contributed by atoms with van der Waals surface area (Å²) < 4.78 is 6.20. The van der Waals surface area contributed by atoms with Gasteiger partial charge in [-0.2, -0.15) is 0 Å². The van der Waals surface area contributed by atoms with E-state index in [4.69, 9.17) is 4.42 Å². The Morgan fingerprint density at radius 3 is 2.55 bits per heavy atom. The van der Waals surface area contributed by atoms with E-state index in [1.807, 2.05) is 48.5 Å². The van der Waals surface area contributed by atoms with Crippen molar-refractivity contribution in [3.8, 4) is 0 Å². The molecule has 22 heavy (non-hydrogen) atoms. The first kappa shape index (κ1) is 14.5. The number of rotatable bonds is 4. The molecule has 0 saturated carbocycles. The third-order valence-electron chi connectivity index (χ3n) is 2.98. The molecular weight excluding hydrogens is 346 g/mol. The van der Waals surface area contributed by atoms with E-state index in [1.165, 1.54) is 0 Å². The summed E-state index contributed by atoms with van der Waals surface area (Å²) >= 11 is 3.37. The lowest BCUT2D eigenvalue weighted by Crippen LogP contribution is -2.12. The van der Waals surface area contributed by atoms with Crippen LogP contribution in [0.2, 0.25) is 0 Å². The highest BCUT2D eigenvalue weighted by atomic mass is 79.9. The van der Waals surface area contributed by atoms with Crippen molar-refractivity contribution in [1.82, 2.24) is 10.2 Å². The van der Waals surface area contributed by atoms with Gasteiger partial charge in [0.15, 0.2) is 0 Å². The van der Waals surface area contributed by atoms with Gasteiger partial charge in [-0.15, -0.1) is 10.2 Å². The Bertz CT molecular complexity index is 787. The summed E-state index contributed by atoms with van der Waals surface area (Å²) in [6.45, 7) is 0. The minimum Gasteiger partial charge on any atom is -0.417 e. The third kappa shape index (κ3) is 3.40. The first-order valence-corrected chi connectivity index (χ1v) is 7.44. The Morgan fingerprint density at radius 2 is 1.77 bits per heavy atom. The molecule has 1 aromatic heterocycles. The quantitative estimate of drug-likeness (QED) is 0.773. The van der Waals surface area contributed by atoms with Gasteiger partial charge >= 0.3 is 11.8 Å². The number of carbonyl (C=O) groups excluding carboxylic acids is 1. The van der Waals surface area contributed by atoms with Crippen LogP contribution in [0, 0.1) is 0 Å². The van der Waals surface area contributed by atoms with E-state index in [2.05, 4.69) is 31.4 Å². The average molecular weight is 358 g/mol. The second kappa shape index (κ2) is 6.53. The summed E-state index contributed by atoms with van der Waals surface area (Å²) in [7, 11) is 0. The largest absolute Gasteiger partial charge is 0.417 e. The molecule has 0 aliphatic heterocycles. The molecule has 0 aliphatic rings. The van der Waals surface area contributed by atoms with Crippen molar-refractivity contribution in [1.29, 1.82) is 0 Å². The first-order valence-electron chi connectivity index (χ1n) is 6.64. The van der Waals surface area contributed by atoms with Crippen molar-refractivity contribution in [3.63, 3.8) is 0 Å². The lowest BCUT2D eigenvalue weighted by atomic mass is 10.2. The number of aromatic nitrogens is 2. The van der Waals surface area contributed by atoms with Crippen LogP contribution < -0.4 is 5.32 Å². The number of benzene rings is 2. The van der Waals surface area contributed by atoms with E-state index in [0.29, 0.717) is 18.0 Å². The molecule has 1 N–H and O–H groups in total. The number of nitrogens with one attached hydrogen (secondary N) is 1. The molecule has 0 radical (unpaired) electrons. The summed E-state index contributed by atoms with van der Waals surface area (Å²) in [5.41, 5.74) is 1.69. The van der Waals surface area contributed by atoms with Gasteiger partial charge in [-0.3, -0.25) is 4.79 Å². The second-order valence-electron chi connectivity index (χ2n) is 4.60.